The van der Waals surface area contributed by atoms with Gasteiger partial charge in [-0.2, -0.15) is 26.3 Å². The highest BCUT2D eigenvalue weighted by Gasteiger charge is 2.46. The van der Waals surface area contributed by atoms with Crippen LogP contribution in [0.4, 0.5) is 26.3 Å². The SMILES string of the molecule is Oc1ccc(C2(c3ccc(O)c(-c4ccc(C(F)(F)F)cc4)c3)c3ccccc3-c3ccccc32)cc1-c1ccc(C(F)(F)F)cc1. The fourth-order valence-electron chi connectivity index (χ4n) is 6.70. The van der Waals surface area contributed by atoms with Crippen LogP contribution in [0.25, 0.3) is 33.4 Å². The van der Waals surface area contributed by atoms with E-state index in [2.05, 4.69) is 0 Å². The first-order chi connectivity index (χ1) is 22.4. The molecular formula is C39H24F6O2. The second-order valence-electron chi connectivity index (χ2n) is 11.5. The third-order valence-electron chi connectivity index (χ3n) is 8.86. The van der Waals surface area contributed by atoms with Crippen LogP contribution in [0, 0.1) is 0 Å². The summed E-state index contributed by atoms with van der Waals surface area (Å²) >= 11 is 0. The van der Waals surface area contributed by atoms with Crippen LogP contribution < -0.4 is 0 Å². The molecule has 0 heterocycles. The minimum atomic E-state index is -4.52. The molecule has 234 valence electrons. The Morgan fingerprint density at radius 3 is 1.13 bits per heavy atom. The molecule has 0 saturated carbocycles. The van der Waals surface area contributed by atoms with E-state index >= 15 is 0 Å². The Morgan fingerprint density at radius 1 is 0.404 bits per heavy atom. The van der Waals surface area contributed by atoms with E-state index in [1.807, 2.05) is 48.5 Å². The molecule has 7 rings (SSSR count). The maximum atomic E-state index is 13.3. The molecule has 2 nitrogen and oxygen atoms in total. The number of halogens is 6. The fraction of sp³-hybridized carbons (Fsp3) is 0.0769. The van der Waals surface area contributed by atoms with E-state index in [0.29, 0.717) is 33.4 Å². The monoisotopic (exact) mass is 638 g/mol. The number of rotatable bonds is 4. The van der Waals surface area contributed by atoms with E-state index in [4.69, 9.17) is 0 Å². The molecule has 47 heavy (non-hydrogen) atoms. The first kappa shape index (κ1) is 30.2. The highest BCUT2D eigenvalue weighted by Crippen LogP contribution is 2.57. The third-order valence-corrected chi connectivity index (χ3v) is 8.86. The molecular weight excluding hydrogens is 614 g/mol. The number of alkyl halides is 6. The van der Waals surface area contributed by atoms with Gasteiger partial charge in [-0.25, -0.2) is 0 Å². The number of benzene rings is 6. The molecule has 0 unspecified atom stereocenters. The molecule has 0 aliphatic heterocycles. The Labute approximate surface area is 265 Å². The van der Waals surface area contributed by atoms with E-state index in [9.17, 15) is 36.6 Å². The van der Waals surface area contributed by atoms with E-state index in [0.717, 1.165) is 46.5 Å². The van der Waals surface area contributed by atoms with E-state index < -0.39 is 28.9 Å². The molecule has 0 atom stereocenters. The van der Waals surface area contributed by atoms with Crippen molar-refractivity contribution in [1.82, 2.24) is 0 Å². The molecule has 2 N–H and O–H groups in total. The standard InChI is InChI=1S/C39H24F6O2/c40-38(41,42)25-13-9-23(10-14-25)31-21-27(17-19-35(31)46)37(33-7-3-1-5-29(33)30-6-2-4-8-34(30)37)28-18-20-36(47)32(22-28)24-11-15-26(16-12-24)39(43,44)45/h1-22,46-47H. The van der Waals surface area contributed by atoms with Crippen molar-refractivity contribution in [2.75, 3.05) is 0 Å². The van der Waals surface area contributed by atoms with E-state index in [1.54, 1.807) is 24.3 Å². The molecule has 0 radical (unpaired) electrons. The van der Waals surface area contributed by atoms with Gasteiger partial charge in [0.1, 0.15) is 11.5 Å². The zero-order valence-corrected chi connectivity index (χ0v) is 24.4. The first-order valence-electron chi connectivity index (χ1n) is 14.6. The minimum absolute atomic E-state index is 0.126. The zero-order valence-electron chi connectivity index (χ0n) is 24.4. The lowest BCUT2D eigenvalue weighted by Gasteiger charge is -2.34. The third kappa shape index (κ3) is 4.92. The van der Waals surface area contributed by atoms with Crippen molar-refractivity contribution in [3.8, 4) is 44.9 Å². The minimum Gasteiger partial charge on any atom is -0.507 e. The smallest absolute Gasteiger partial charge is 0.416 e. The molecule has 1 aliphatic carbocycles. The van der Waals surface area contributed by atoms with Crippen molar-refractivity contribution in [3.05, 3.63) is 167 Å². The van der Waals surface area contributed by atoms with Gasteiger partial charge in [0.25, 0.3) is 0 Å². The maximum Gasteiger partial charge on any atom is 0.416 e. The molecule has 0 bridgehead atoms. The number of phenols is 2. The molecule has 8 heteroatoms. The van der Waals surface area contributed by atoms with Gasteiger partial charge in [0.15, 0.2) is 0 Å². The van der Waals surface area contributed by atoms with Gasteiger partial charge in [-0.05, 0) is 93.0 Å². The second-order valence-corrected chi connectivity index (χ2v) is 11.5. The van der Waals surface area contributed by atoms with Gasteiger partial charge in [0.05, 0.1) is 16.5 Å². The summed E-state index contributed by atoms with van der Waals surface area (Å²) in [6.45, 7) is 0. The van der Waals surface area contributed by atoms with Crippen LogP contribution in [0.15, 0.2) is 133 Å². The molecule has 1 aliphatic rings. The Bertz CT molecular complexity index is 1970. The highest BCUT2D eigenvalue weighted by molar-refractivity contribution is 5.88. The van der Waals surface area contributed by atoms with Gasteiger partial charge in [-0.3, -0.25) is 0 Å². The Kier molecular flexibility index (Phi) is 6.93. The lowest BCUT2D eigenvalue weighted by molar-refractivity contribution is -0.138. The average molecular weight is 639 g/mol. The van der Waals surface area contributed by atoms with Crippen LogP contribution in [0.1, 0.15) is 33.4 Å². The van der Waals surface area contributed by atoms with Gasteiger partial charge in [0, 0.05) is 11.1 Å². The van der Waals surface area contributed by atoms with Crippen LogP contribution in [-0.2, 0) is 17.8 Å². The first-order valence-corrected chi connectivity index (χ1v) is 14.6. The van der Waals surface area contributed by atoms with Crippen molar-refractivity contribution in [3.63, 3.8) is 0 Å². The maximum absolute atomic E-state index is 13.3. The number of phenolic OH excluding ortho intramolecular Hbond substituents is 2. The van der Waals surface area contributed by atoms with Crippen LogP contribution in [-0.4, -0.2) is 10.2 Å². The second kappa shape index (κ2) is 10.8. The summed E-state index contributed by atoms with van der Waals surface area (Å²) in [6.07, 6.45) is -9.04. The van der Waals surface area contributed by atoms with Crippen molar-refractivity contribution < 1.29 is 36.6 Å². The summed E-state index contributed by atoms with van der Waals surface area (Å²) in [5, 5.41) is 22.0. The predicted molar refractivity (Wildman–Crippen MR) is 168 cm³/mol. The van der Waals surface area contributed by atoms with Gasteiger partial charge < -0.3 is 10.2 Å². The quantitative estimate of drug-likeness (QED) is 0.188. The Hall–Kier alpha value is -5.50. The molecule has 6 aromatic carbocycles. The van der Waals surface area contributed by atoms with E-state index in [1.165, 1.54) is 36.4 Å². The normalized spacial score (nSPS) is 13.7. The zero-order chi connectivity index (χ0) is 33.1. The van der Waals surface area contributed by atoms with Crippen LogP contribution >= 0.6 is 0 Å². The van der Waals surface area contributed by atoms with Gasteiger partial charge in [-0.1, -0.05) is 84.9 Å². The number of aromatic hydroxyl groups is 2. The lowest BCUT2D eigenvalue weighted by Crippen LogP contribution is -2.28. The molecule has 0 spiro atoms. The number of hydrogen-bond donors (Lipinski definition) is 2. The van der Waals surface area contributed by atoms with Crippen molar-refractivity contribution in [2.45, 2.75) is 17.8 Å². The van der Waals surface area contributed by atoms with Gasteiger partial charge in [-0.15, -0.1) is 0 Å². The summed E-state index contributed by atoms with van der Waals surface area (Å²) in [4.78, 5) is 0. The summed E-state index contributed by atoms with van der Waals surface area (Å²) in [5.41, 5.74) is 3.74. The molecule has 0 saturated heterocycles. The average Bonchev–Trinajstić information content (AvgIpc) is 3.36. The summed E-state index contributed by atoms with van der Waals surface area (Å²) in [6, 6.07) is 34.7. The predicted octanol–water partition coefficient (Wildman–Crippen LogP) is 10.8. The van der Waals surface area contributed by atoms with Gasteiger partial charge >= 0.3 is 12.4 Å². The highest BCUT2D eigenvalue weighted by atomic mass is 19.4. The molecule has 0 amide bonds. The largest absolute Gasteiger partial charge is 0.507 e. The van der Waals surface area contributed by atoms with Crippen LogP contribution in [0.2, 0.25) is 0 Å². The van der Waals surface area contributed by atoms with E-state index in [-0.39, 0.29) is 11.5 Å². The Balaban J connectivity index is 1.49. The van der Waals surface area contributed by atoms with Crippen LogP contribution in [0.3, 0.4) is 0 Å². The topological polar surface area (TPSA) is 40.5 Å². The molecule has 6 aromatic rings. The molecule has 0 aromatic heterocycles. The Morgan fingerprint density at radius 2 is 0.766 bits per heavy atom. The van der Waals surface area contributed by atoms with Crippen molar-refractivity contribution >= 4 is 0 Å². The van der Waals surface area contributed by atoms with Crippen molar-refractivity contribution in [1.29, 1.82) is 0 Å². The van der Waals surface area contributed by atoms with Crippen LogP contribution in [0.5, 0.6) is 11.5 Å². The number of hydrogen-bond acceptors (Lipinski definition) is 2. The summed E-state index contributed by atoms with van der Waals surface area (Å²) < 4.78 is 80.0. The molecule has 0 fully saturated rings. The lowest BCUT2D eigenvalue weighted by atomic mass is 9.67. The van der Waals surface area contributed by atoms with Crippen molar-refractivity contribution in [2.24, 2.45) is 0 Å². The summed E-state index contributed by atoms with van der Waals surface area (Å²) in [5.74, 6) is -0.251. The fourth-order valence-corrected chi connectivity index (χ4v) is 6.70. The van der Waals surface area contributed by atoms with Gasteiger partial charge in [0.2, 0.25) is 0 Å². The summed E-state index contributed by atoms with van der Waals surface area (Å²) in [7, 11) is 0. The number of fused-ring (bicyclic) bond motifs is 3.